The van der Waals surface area contributed by atoms with E-state index in [0.717, 1.165) is 11.1 Å². The van der Waals surface area contributed by atoms with E-state index in [-0.39, 0.29) is 0 Å². The lowest BCUT2D eigenvalue weighted by atomic mass is 9.95. The van der Waals surface area contributed by atoms with Crippen LogP contribution in [-0.2, 0) is 0 Å². The second-order valence-electron chi connectivity index (χ2n) is 8.29. The standard InChI is InChI=1S/C18H13N.C16H14/c1-2-8-14(9-3-1)19-17-12-6-4-10-15(17)16-11-5-7-13-18(16)19;1-3-13-11-8-12-16(15(13)4-2)14-9-6-5-7-10-14/h1-13H;3-12H,1-2H2. The van der Waals surface area contributed by atoms with Crippen LogP contribution in [0.1, 0.15) is 11.1 Å². The number of para-hydroxylation sites is 3. The maximum Gasteiger partial charge on any atom is 0.0541 e. The highest BCUT2D eigenvalue weighted by atomic mass is 15.0. The van der Waals surface area contributed by atoms with Gasteiger partial charge in [-0.2, -0.15) is 0 Å². The summed E-state index contributed by atoms with van der Waals surface area (Å²) in [4.78, 5) is 0. The summed E-state index contributed by atoms with van der Waals surface area (Å²) in [5.41, 5.74) is 8.40. The molecule has 0 amide bonds. The van der Waals surface area contributed by atoms with Gasteiger partial charge in [0, 0.05) is 16.5 Å². The molecule has 0 unspecified atom stereocenters. The summed E-state index contributed by atoms with van der Waals surface area (Å²) in [6.45, 7) is 7.70. The minimum absolute atomic E-state index is 1.12. The van der Waals surface area contributed by atoms with Crippen molar-refractivity contribution < 1.29 is 0 Å². The average Bonchev–Trinajstić information content (AvgIpc) is 3.28. The lowest BCUT2D eigenvalue weighted by Crippen LogP contribution is -1.92. The zero-order valence-electron chi connectivity index (χ0n) is 19.6. The summed E-state index contributed by atoms with van der Waals surface area (Å²) in [6.07, 6.45) is 3.75. The van der Waals surface area contributed by atoms with Gasteiger partial charge in [-0.25, -0.2) is 0 Å². The quantitative estimate of drug-likeness (QED) is 0.252. The molecule has 168 valence electrons. The monoisotopic (exact) mass is 449 g/mol. The topological polar surface area (TPSA) is 4.93 Å². The third-order valence-corrected chi connectivity index (χ3v) is 6.24. The molecule has 0 radical (unpaired) electrons. The smallest absolute Gasteiger partial charge is 0.0541 e. The molecule has 6 rings (SSSR count). The molecule has 5 aromatic carbocycles. The van der Waals surface area contributed by atoms with Crippen LogP contribution in [-0.4, -0.2) is 4.57 Å². The van der Waals surface area contributed by atoms with Crippen LogP contribution in [0.3, 0.4) is 0 Å². The predicted octanol–water partition coefficient (Wildman–Crippen LogP) is 9.42. The number of hydrogen-bond donors (Lipinski definition) is 0. The van der Waals surface area contributed by atoms with E-state index in [4.69, 9.17) is 0 Å². The SMILES string of the molecule is C=Cc1cccc(-c2ccccc2)c1C=C.c1ccc(-n2c3ccccc3c3ccccc32)cc1. The van der Waals surface area contributed by atoms with E-state index in [9.17, 15) is 0 Å². The van der Waals surface area contributed by atoms with Crippen molar-refractivity contribution in [3.8, 4) is 16.8 Å². The Hall–Kier alpha value is -4.62. The van der Waals surface area contributed by atoms with Gasteiger partial charge >= 0.3 is 0 Å². The van der Waals surface area contributed by atoms with Gasteiger partial charge < -0.3 is 4.57 Å². The van der Waals surface area contributed by atoms with Gasteiger partial charge in [-0.05, 0) is 46.5 Å². The summed E-state index contributed by atoms with van der Waals surface area (Å²) in [5.74, 6) is 0. The van der Waals surface area contributed by atoms with Crippen molar-refractivity contribution in [2.75, 3.05) is 0 Å². The number of hydrogen-bond acceptors (Lipinski definition) is 0. The molecule has 1 aromatic heterocycles. The molecule has 1 heterocycles. The van der Waals surface area contributed by atoms with E-state index in [1.165, 1.54) is 38.6 Å². The molecule has 0 aliphatic carbocycles. The van der Waals surface area contributed by atoms with E-state index in [2.05, 4.69) is 121 Å². The van der Waals surface area contributed by atoms with Crippen molar-refractivity contribution in [3.63, 3.8) is 0 Å². The summed E-state index contributed by atoms with van der Waals surface area (Å²) >= 11 is 0. The summed E-state index contributed by atoms with van der Waals surface area (Å²) < 4.78 is 2.32. The molecular weight excluding hydrogens is 422 g/mol. The fraction of sp³-hybridized carbons (Fsp3) is 0. The molecule has 1 nitrogen and oxygen atoms in total. The Morgan fingerprint density at radius 2 is 1.03 bits per heavy atom. The van der Waals surface area contributed by atoms with Crippen LogP contribution in [0.2, 0.25) is 0 Å². The van der Waals surface area contributed by atoms with Crippen LogP contribution in [0.15, 0.2) is 141 Å². The van der Waals surface area contributed by atoms with Gasteiger partial charge in [0.1, 0.15) is 0 Å². The molecular formula is C34H27N. The van der Waals surface area contributed by atoms with Gasteiger partial charge in [-0.15, -0.1) is 0 Å². The first-order chi connectivity index (χ1) is 17.3. The minimum Gasteiger partial charge on any atom is -0.309 e. The van der Waals surface area contributed by atoms with Crippen LogP contribution in [0.25, 0.3) is 50.8 Å². The van der Waals surface area contributed by atoms with Crippen LogP contribution >= 0.6 is 0 Å². The Labute approximate surface area is 206 Å². The second-order valence-corrected chi connectivity index (χ2v) is 8.29. The fourth-order valence-electron chi connectivity index (χ4n) is 4.64. The van der Waals surface area contributed by atoms with E-state index in [0.29, 0.717) is 0 Å². The number of nitrogens with zero attached hydrogens (tertiary/aromatic N) is 1. The van der Waals surface area contributed by atoms with Gasteiger partial charge in [0.15, 0.2) is 0 Å². The van der Waals surface area contributed by atoms with Gasteiger partial charge in [0.25, 0.3) is 0 Å². The van der Waals surface area contributed by atoms with Crippen molar-refractivity contribution in [1.82, 2.24) is 4.57 Å². The molecule has 0 N–H and O–H groups in total. The minimum atomic E-state index is 1.12. The van der Waals surface area contributed by atoms with Crippen molar-refractivity contribution in [2.24, 2.45) is 0 Å². The van der Waals surface area contributed by atoms with Crippen molar-refractivity contribution in [3.05, 3.63) is 152 Å². The first-order valence-corrected chi connectivity index (χ1v) is 11.8. The van der Waals surface area contributed by atoms with Gasteiger partial charge in [-0.3, -0.25) is 0 Å². The molecule has 0 saturated heterocycles. The normalized spacial score (nSPS) is 10.5. The Bertz CT molecular complexity index is 1550. The van der Waals surface area contributed by atoms with Crippen LogP contribution in [0.5, 0.6) is 0 Å². The third-order valence-electron chi connectivity index (χ3n) is 6.24. The van der Waals surface area contributed by atoms with Crippen molar-refractivity contribution in [1.29, 1.82) is 0 Å². The maximum atomic E-state index is 3.88. The zero-order valence-corrected chi connectivity index (χ0v) is 19.6. The zero-order chi connectivity index (χ0) is 24.0. The number of aromatic nitrogens is 1. The van der Waals surface area contributed by atoms with E-state index in [1.54, 1.807) is 0 Å². The van der Waals surface area contributed by atoms with Gasteiger partial charge in [-0.1, -0.05) is 128 Å². The number of benzene rings is 5. The first-order valence-electron chi connectivity index (χ1n) is 11.8. The first kappa shape index (κ1) is 22.2. The second kappa shape index (κ2) is 10.1. The van der Waals surface area contributed by atoms with Crippen LogP contribution in [0.4, 0.5) is 0 Å². The lowest BCUT2D eigenvalue weighted by molar-refractivity contribution is 1.18. The fourth-order valence-corrected chi connectivity index (χ4v) is 4.64. The molecule has 1 heteroatoms. The van der Waals surface area contributed by atoms with E-state index < -0.39 is 0 Å². The maximum absolute atomic E-state index is 3.88. The molecule has 0 aliphatic rings. The highest BCUT2D eigenvalue weighted by molar-refractivity contribution is 6.09. The van der Waals surface area contributed by atoms with Crippen molar-refractivity contribution in [2.45, 2.75) is 0 Å². The lowest BCUT2D eigenvalue weighted by Gasteiger charge is -2.09. The van der Waals surface area contributed by atoms with Gasteiger partial charge in [0.05, 0.1) is 11.0 Å². The molecule has 0 fully saturated rings. The Kier molecular flexibility index (Phi) is 6.41. The molecule has 35 heavy (non-hydrogen) atoms. The Morgan fingerprint density at radius 3 is 1.60 bits per heavy atom. The van der Waals surface area contributed by atoms with E-state index in [1.807, 2.05) is 36.4 Å². The van der Waals surface area contributed by atoms with Crippen molar-refractivity contribution >= 4 is 34.0 Å². The molecule has 0 saturated carbocycles. The molecule has 0 aliphatic heterocycles. The molecule has 0 bridgehead atoms. The molecule has 6 aromatic rings. The highest BCUT2D eigenvalue weighted by Gasteiger charge is 2.10. The third kappa shape index (κ3) is 4.32. The Balaban J connectivity index is 0.000000148. The predicted molar refractivity (Wildman–Crippen MR) is 153 cm³/mol. The summed E-state index contributed by atoms with van der Waals surface area (Å²) in [7, 11) is 0. The molecule has 0 spiro atoms. The number of rotatable bonds is 4. The summed E-state index contributed by atoms with van der Waals surface area (Å²) in [6, 6.07) is 44.2. The summed E-state index contributed by atoms with van der Waals surface area (Å²) in [5, 5.41) is 2.61. The van der Waals surface area contributed by atoms with Gasteiger partial charge in [0.2, 0.25) is 0 Å². The molecule has 0 atom stereocenters. The van der Waals surface area contributed by atoms with Crippen LogP contribution < -0.4 is 0 Å². The Morgan fingerprint density at radius 1 is 0.486 bits per heavy atom. The largest absolute Gasteiger partial charge is 0.309 e. The highest BCUT2D eigenvalue weighted by Crippen LogP contribution is 2.31. The average molecular weight is 450 g/mol. The van der Waals surface area contributed by atoms with E-state index >= 15 is 0 Å². The van der Waals surface area contributed by atoms with Crippen LogP contribution in [0, 0.1) is 0 Å². The number of fused-ring (bicyclic) bond motifs is 3.